The highest BCUT2D eigenvalue weighted by atomic mass is 32.2. The molecule has 1 atom stereocenters. The number of nitrogens with zero attached hydrogens (tertiary/aromatic N) is 2. The molecule has 0 aliphatic heterocycles. The van der Waals surface area contributed by atoms with Crippen LogP contribution in [0.1, 0.15) is 39.5 Å². The number of nitrogens with one attached hydrogen (secondary N) is 1. The van der Waals surface area contributed by atoms with E-state index in [1.807, 2.05) is 0 Å². The Hall–Kier alpha value is -1.93. The first-order valence-corrected chi connectivity index (χ1v) is 10.4. The Morgan fingerprint density at radius 2 is 1.65 bits per heavy atom. The van der Waals surface area contributed by atoms with Crippen molar-refractivity contribution in [2.24, 2.45) is 20.0 Å². The number of aromatic nitrogens is 2. The highest BCUT2D eigenvalue weighted by molar-refractivity contribution is 7.89. The maximum absolute atomic E-state index is 12.7. The molecule has 144 valence electrons. The second-order valence-corrected chi connectivity index (χ2v) is 8.41. The standard InChI is InChI=1S/C18H27N3O4S/c1-5-7-8-13(6-2)12-19-26(24,25)14-9-10-15-16(11-14)21(4)18(23)17(22)20(15)3/h9-11,13,19H,5-8,12H2,1-4H3. The summed E-state index contributed by atoms with van der Waals surface area (Å²) in [5.74, 6) is 0.301. The molecule has 0 saturated heterocycles. The maximum atomic E-state index is 12.7. The number of rotatable bonds is 8. The van der Waals surface area contributed by atoms with Gasteiger partial charge in [-0.2, -0.15) is 0 Å². The Morgan fingerprint density at radius 1 is 1.04 bits per heavy atom. The van der Waals surface area contributed by atoms with Crippen LogP contribution in [-0.4, -0.2) is 24.1 Å². The van der Waals surface area contributed by atoms with Gasteiger partial charge >= 0.3 is 11.1 Å². The molecule has 0 amide bonds. The summed E-state index contributed by atoms with van der Waals surface area (Å²) in [7, 11) is -0.723. The number of fused-ring (bicyclic) bond motifs is 1. The normalized spacial score (nSPS) is 13.2. The number of hydrogen-bond donors (Lipinski definition) is 1. The summed E-state index contributed by atoms with van der Waals surface area (Å²) in [5, 5.41) is 0. The highest BCUT2D eigenvalue weighted by Gasteiger charge is 2.18. The van der Waals surface area contributed by atoms with Crippen LogP contribution in [0.2, 0.25) is 0 Å². The fourth-order valence-corrected chi connectivity index (χ4v) is 4.12. The Balaban J connectivity index is 2.37. The van der Waals surface area contributed by atoms with Gasteiger partial charge in [-0.15, -0.1) is 0 Å². The monoisotopic (exact) mass is 381 g/mol. The Bertz CT molecular complexity index is 1010. The van der Waals surface area contributed by atoms with Crippen molar-refractivity contribution >= 4 is 21.1 Å². The van der Waals surface area contributed by atoms with E-state index in [-0.39, 0.29) is 4.90 Å². The van der Waals surface area contributed by atoms with E-state index in [9.17, 15) is 18.0 Å². The predicted octanol–water partition coefficient (Wildman–Crippen LogP) is 1.73. The van der Waals surface area contributed by atoms with Crippen LogP contribution in [-0.2, 0) is 24.1 Å². The molecule has 2 rings (SSSR count). The van der Waals surface area contributed by atoms with Gasteiger partial charge in [0.25, 0.3) is 0 Å². The third-order valence-electron chi connectivity index (χ3n) is 4.88. The van der Waals surface area contributed by atoms with Crippen molar-refractivity contribution in [3.63, 3.8) is 0 Å². The van der Waals surface area contributed by atoms with E-state index in [2.05, 4.69) is 18.6 Å². The first-order valence-electron chi connectivity index (χ1n) is 8.92. The fraction of sp³-hybridized carbons (Fsp3) is 0.556. The molecule has 0 spiro atoms. The minimum Gasteiger partial charge on any atom is -0.305 e. The number of benzene rings is 1. The second kappa shape index (κ2) is 8.18. The van der Waals surface area contributed by atoms with Crippen LogP contribution in [0.3, 0.4) is 0 Å². The van der Waals surface area contributed by atoms with Gasteiger partial charge in [0.15, 0.2) is 0 Å². The summed E-state index contributed by atoms with van der Waals surface area (Å²) in [6, 6.07) is 4.45. The first-order chi connectivity index (χ1) is 12.2. The Labute approximate surface area is 153 Å². The van der Waals surface area contributed by atoms with Gasteiger partial charge in [-0.25, -0.2) is 13.1 Å². The minimum atomic E-state index is -3.69. The molecular formula is C18H27N3O4S. The molecule has 1 unspecified atom stereocenters. The molecule has 0 bridgehead atoms. The van der Waals surface area contributed by atoms with E-state index in [1.165, 1.54) is 35.4 Å². The van der Waals surface area contributed by atoms with Gasteiger partial charge in [-0.3, -0.25) is 9.59 Å². The highest BCUT2D eigenvalue weighted by Crippen LogP contribution is 2.18. The zero-order valence-electron chi connectivity index (χ0n) is 15.8. The summed E-state index contributed by atoms with van der Waals surface area (Å²) >= 11 is 0. The van der Waals surface area contributed by atoms with Crippen LogP contribution in [0.4, 0.5) is 0 Å². The SMILES string of the molecule is CCCCC(CC)CNS(=O)(=O)c1ccc2c(c1)n(C)c(=O)c(=O)n2C. The quantitative estimate of drug-likeness (QED) is 0.705. The average molecular weight is 381 g/mol. The van der Waals surface area contributed by atoms with Crippen LogP contribution >= 0.6 is 0 Å². The lowest BCUT2D eigenvalue weighted by Gasteiger charge is -2.16. The number of sulfonamides is 1. The lowest BCUT2D eigenvalue weighted by molar-refractivity contribution is 0.444. The van der Waals surface area contributed by atoms with Gasteiger partial charge in [-0.1, -0.05) is 33.1 Å². The van der Waals surface area contributed by atoms with E-state index in [4.69, 9.17) is 0 Å². The summed E-state index contributed by atoms with van der Waals surface area (Å²) in [6.45, 7) is 4.56. The van der Waals surface area contributed by atoms with E-state index in [0.29, 0.717) is 23.5 Å². The second-order valence-electron chi connectivity index (χ2n) is 6.65. The summed E-state index contributed by atoms with van der Waals surface area (Å²) in [4.78, 5) is 24.0. The summed E-state index contributed by atoms with van der Waals surface area (Å²) in [5.41, 5.74) is -0.424. The third-order valence-corrected chi connectivity index (χ3v) is 6.30. The maximum Gasteiger partial charge on any atom is 0.316 e. The van der Waals surface area contributed by atoms with E-state index in [0.717, 1.165) is 25.7 Å². The van der Waals surface area contributed by atoms with Crippen molar-refractivity contribution in [3.05, 3.63) is 38.9 Å². The molecule has 26 heavy (non-hydrogen) atoms. The molecule has 0 radical (unpaired) electrons. The van der Waals surface area contributed by atoms with Crippen molar-refractivity contribution in [2.75, 3.05) is 6.54 Å². The van der Waals surface area contributed by atoms with Crippen molar-refractivity contribution in [1.29, 1.82) is 0 Å². The van der Waals surface area contributed by atoms with Crippen molar-refractivity contribution < 1.29 is 8.42 Å². The van der Waals surface area contributed by atoms with Crippen LogP contribution in [0.5, 0.6) is 0 Å². The van der Waals surface area contributed by atoms with Gasteiger partial charge in [0.05, 0.1) is 15.9 Å². The zero-order valence-corrected chi connectivity index (χ0v) is 16.6. The summed E-state index contributed by atoms with van der Waals surface area (Å²) < 4.78 is 30.4. The van der Waals surface area contributed by atoms with Crippen molar-refractivity contribution in [1.82, 2.24) is 13.9 Å². The van der Waals surface area contributed by atoms with Crippen molar-refractivity contribution in [3.8, 4) is 0 Å². The van der Waals surface area contributed by atoms with E-state index < -0.39 is 21.1 Å². The van der Waals surface area contributed by atoms with Crippen molar-refractivity contribution in [2.45, 2.75) is 44.4 Å². The number of hydrogen-bond acceptors (Lipinski definition) is 4. The lowest BCUT2D eigenvalue weighted by atomic mass is 10.00. The first kappa shape index (κ1) is 20.4. The molecule has 2 aromatic rings. The fourth-order valence-electron chi connectivity index (χ4n) is 2.98. The molecule has 0 aliphatic rings. The predicted molar refractivity (Wildman–Crippen MR) is 103 cm³/mol. The molecule has 1 aromatic carbocycles. The molecular weight excluding hydrogens is 354 g/mol. The average Bonchev–Trinajstić information content (AvgIpc) is 2.64. The van der Waals surface area contributed by atoms with Crippen LogP contribution in [0.15, 0.2) is 32.7 Å². The van der Waals surface area contributed by atoms with Crippen LogP contribution in [0.25, 0.3) is 11.0 Å². The van der Waals surface area contributed by atoms with E-state index in [1.54, 1.807) is 6.07 Å². The Morgan fingerprint density at radius 3 is 2.23 bits per heavy atom. The van der Waals surface area contributed by atoms with Crippen LogP contribution in [0, 0.1) is 5.92 Å². The molecule has 1 aromatic heterocycles. The molecule has 0 saturated carbocycles. The van der Waals surface area contributed by atoms with E-state index >= 15 is 0 Å². The smallest absolute Gasteiger partial charge is 0.305 e. The zero-order chi connectivity index (χ0) is 19.5. The number of unbranched alkanes of at least 4 members (excludes halogenated alkanes) is 1. The third kappa shape index (κ3) is 4.07. The van der Waals surface area contributed by atoms with Gasteiger partial charge in [0.2, 0.25) is 10.0 Å². The minimum absolute atomic E-state index is 0.0870. The topological polar surface area (TPSA) is 90.2 Å². The summed E-state index contributed by atoms with van der Waals surface area (Å²) in [6.07, 6.45) is 4.06. The lowest BCUT2D eigenvalue weighted by Crippen LogP contribution is -2.39. The van der Waals surface area contributed by atoms with Gasteiger partial charge in [0.1, 0.15) is 0 Å². The molecule has 1 N–H and O–H groups in total. The van der Waals surface area contributed by atoms with Gasteiger partial charge in [0, 0.05) is 20.6 Å². The molecule has 8 heteroatoms. The molecule has 7 nitrogen and oxygen atoms in total. The Kier molecular flexibility index (Phi) is 6.41. The molecule has 0 fully saturated rings. The van der Waals surface area contributed by atoms with Gasteiger partial charge in [-0.05, 0) is 30.5 Å². The molecule has 1 heterocycles. The molecule has 0 aliphatic carbocycles. The largest absolute Gasteiger partial charge is 0.316 e. The van der Waals surface area contributed by atoms with Crippen LogP contribution < -0.4 is 15.8 Å². The van der Waals surface area contributed by atoms with Gasteiger partial charge < -0.3 is 9.13 Å². The number of aryl methyl sites for hydroxylation is 2.